The molecule has 0 unspecified atom stereocenters. The van der Waals surface area contributed by atoms with Crippen LogP contribution < -0.4 is 14.9 Å². The molecule has 2 N–H and O–H groups in total. The van der Waals surface area contributed by atoms with Crippen LogP contribution in [0.4, 0.5) is 36.3 Å². The standard InChI is InChI=1S/C21H22F3N5O2S/c1-14-7-9-16(10-8-14)27-20-26-13-18(21(22,23)24)19(28-20)25-12-15-5-4-6-17(11-15)29(2)32(3,30)31/h4-11,13H,12H2,1-3H3,(H2,25,26,27,28). The molecular weight excluding hydrogens is 443 g/mol. The molecule has 0 saturated carbocycles. The number of rotatable bonds is 7. The minimum atomic E-state index is -4.65. The average Bonchev–Trinajstić information content (AvgIpc) is 2.72. The molecule has 0 atom stereocenters. The third-order valence-corrected chi connectivity index (χ3v) is 5.84. The Kier molecular flexibility index (Phi) is 6.58. The predicted molar refractivity (Wildman–Crippen MR) is 119 cm³/mol. The van der Waals surface area contributed by atoms with Crippen LogP contribution in [-0.4, -0.2) is 31.7 Å². The lowest BCUT2D eigenvalue weighted by atomic mass is 10.2. The highest BCUT2D eigenvalue weighted by Gasteiger charge is 2.35. The number of benzene rings is 2. The van der Waals surface area contributed by atoms with Gasteiger partial charge in [0.25, 0.3) is 0 Å². The van der Waals surface area contributed by atoms with E-state index in [2.05, 4.69) is 20.6 Å². The zero-order valence-electron chi connectivity index (χ0n) is 17.6. The summed E-state index contributed by atoms with van der Waals surface area (Å²) < 4.78 is 65.0. The summed E-state index contributed by atoms with van der Waals surface area (Å²) in [7, 11) is -2.07. The third-order valence-electron chi connectivity index (χ3n) is 4.63. The van der Waals surface area contributed by atoms with Crippen LogP contribution in [0.15, 0.2) is 54.7 Å². The first-order valence-electron chi connectivity index (χ1n) is 9.48. The van der Waals surface area contributed by atoms with E-state index in [1.54, 1.807) is 36.4 Å². The second-order valence-corrected chi connectivity index (χ2v) is 9.21. The molecule has 0 aliphatic rings. The maximum atomic E-state index is 13.5. The maximum Gasteiger partial charge on any atom is 0.421 e. The number of aryl methyl sites for hydroxylation is 1. The molecule has 32 heavy (non-hydrogen) atoms. The second-order valence-electron chi connectivity index (χ2n) is 7.20. The van der Waals surface area contributed by atoms with E-state index in [4.69, 9.17) is 0 Å². The van der Waals surface area contributed by atoms with E-state index in [9.17, 15) is 21.6 Å². The number of nitrogens with zero attached hydrogens (tertiary/aromatic N) is 3. The Bertz CT molecular complexity index is 1200. The average molecular weight is 466 g/mol. The van der Waals surface area contributed by atoms with Gasteiger partial charge in [0, 0.05) is 25.5 Å². The number of aromatic nitrogens is 2. The Labute approximate surface area is 184 Å². The lowest BCUT2D eigenvalue weighted by Gasteiger charge is -2.18. The second kappa shape index (κ2) is 9.03. The summed E-state index contributed by atoms with van der Waals surface area (Å²) in [5.74, 6) is -0.376. The van der Waals surface area contributed by atoms with Crippen molar-refractivity contribution in [1.29, 1.82) is 0 Å². The zero-order valence-corrected chi connectivity index (χ0v) is 18.4. The van der Waals surface area contributed by atoms with Crippen molar-refractivity contribution in [2.75, 3.05) is 28.2 Å². The first-order valence-corrected chi connectivity index (χ1v) is 11.3. The van der Waals surface area contributed by atoms with Crippen LogP contribution >= 0.6 is 0 Å². The van der Waals surface area contributed by atoms with Crippen LogP contribution in [0.5, 0.6) is 0 Å². The monoisotopic (exact) mass is 465 g/mol. The Morgan fingerprint density at radius 1 is 1.09 bits per heavy atom. The van der Waals surface area contributed by atoms with Crippen molar-refractivity contribution >= 4 is 33.2 Å². The number of nitrogens with one attached hydrogen (secondary N) is 2. The van der Waals surface area contributed by atoms with E-state index in [0.29, 0.717) is 16.9 Å². The Hall–Kier alpha value is -3.34. The molecule has 11 heteroatoms. The van der Waals surface area contributed by atoms with E-state index in [-0.39, 0.29) is 18.3 Å². The molecule has 0 saturated heterocycles. The lowest BCUT2D eigenvalue weighted by Crippen LogP contribution is -2.24. The van der Waals surface area contributed by atoms with Gasteiger partial charge in [-0.25, -0.2) is 13.4 Å². The summed E-state index contributed by atoms with van der Waals surface area (Å²) in [6.07, 6.45) is -2.86. The molecule has 0 spiro atoms. The first kappa shape index (κ1) is 23.3. The molecule has 7 nitrogen and oxygen atoms in total. The van der Waals surface area contributed by atoms with E-state index in [0.717, 1.165) is 22.3 Å². The maximum absolute atomic E-state index is 13.5. The van der Waals surface area contributed by atoms with Gasteiger partial charge in [-0.2, -0.15) is 18.2 Å². The summed E-state index contributed by atoms with van der Waals surface area (Å²) in [5, 5.41) is 5.58. The predicted octanol–water partition coefficient (Wildman–Crippen LogP) is 4.56. The van der Waals surface area contributed by atoms with Crippen molar-refractivity contribution < 1.29 is 21.6 Å². The molecule has 0 fully saturated rings. The summed E-state index contributed by atoms with van der Waals surface area (Å²) >= 11 is 0. The van der Waals surface area contributed by atoms with E-state index >= 15 is 0 Å². The molecule has 170 valence electrons. The number of hydrogen-bond donors (Lipinski definition) is 2. The SMILES string of the molecule is Cc1ccc(Nc2ncc(C(F)(F)F)c(NCc3cccc(N(C)S(C)(=O)=O)c3)n2)cc1. The van der Waals surface area contributed by atoms with Gasteiger partial charge in [0.05, 0.1) is 11.9 Å². The van der Waals surface area contributed by atoms with Crippen LogP contribution in [0.3, 0.4) is 0 Å². The molecule has 3 aromatic rings. The molecular formula is C21H22F3N5O2S. The summed E-state index contributed by atoms with van der Waals surface area (Å²) in [4.78, 5) is 7.80. The number of sulfonamides is 1. The van der Waals surface area contributed by atoms with Crippen LogP contribution in [0.1, 0.15) is 16.7 Å². The molecule has 0 aliphatic heterocycles. The molecule has 1 aromatic heterocycles. The largest absolute Gasteiger partial charge is 0.421 e. The summed E-state index contributed by atoms with van der Waals surface area (Å²) in [6, 6.07) is 13.7. The van der Waals surface area contributed by atoms with E-state index in [1.165, 1.54) is 7.05 Å². The van der Waals surface area contributed by atoms with Gasteiger partial charge in [0.1, 0.15) is 11.4 Å². The minimum absolute atomic E-state index is 0.00446. The van der Waals surface area contributed by atoms with Crippen molar-refractivity contribution in [2.24, 2.45) is 0 Å². The molecule has 0 aliphatic carbocycles. The minimum Gasteiger partial charge on any atom is -0.365 e. The number of anilines is 4. The molecule has 1 heterocycles. The molecule has 2 aromatic carbocycles. The van der Waals surface area contributed by atoms with Crippen molar-refractivity contribution in [3.8, 4) is 0 Å². The Morgan fingerprint density at radius 2 is 1.78 bits per heavy atom. The summed E-state index contributed by atoms with van der Waals surface area (Å²) in [6.45, 7) is 1.92. The van der Waals surface area contributed by atoms with Crippen molar-refractivity contribution in [3.63, 3.8) is 0 Å². The van der Waals surface area contributed by atoms with Crippen LogP contribution in [-0.2, 0) is 22.7 Å². The molecule has 3 rings (SSSR count). The lowest BCUT2D eigenvalue weighted by molar-refractivity contribution is -0.137. The van der Waals surface area contributed by atoms with Gasteiger partial charge in [-0.3, -0.25) is 4.31 Å². The van der Waals surface area contributed by atoms with Crippen LogP contribution in [0.2, 0.25) is 0 Å². The third kappa shape index (κ3) is 5.88. The van der Waals surface area contributed by atoms with Crippen molar-refractivity contribution in [2.45, 2.75) is 19.6 Å². The van der Waals surface area contributed by atoms with Crippen molar-refractivity contribution in [3.05, 3.63) is 71.4 Å². The van der Waals surface area contributed by atoms with Gasteiger partial charge in [-0.1, -0.05) is 29.8 Å². The normalized spacial score (nSPS) is 11.8. The fraction of sp³-hybridized carbons (Fsp3) is 0.238. The van der Waals surface area contributed by atoms with Gasteiger partial charge in [0.15, 0.2) is 0 Å². The zero-order chi connectivity index (χ0) is 23.5. The highest BCUT2D eigenvalue weighted by molar-refractivity contribution is 7.92. The van der Waals surface area contributed by atoms with Gasteiger partial charge >= 0.3 is 6.18 Å². The number of halogens is 3. The van der Waals surface area contributed by atoms with E-state index in [1.807, 2.05) is 19.1 Å². The van der Waals surface area contributed by atoms with Crippen LogP contribution in [0.25, 0.3) is 0 Å². The highest BCUT2D eigenvalue weighted by atomic mass is 32.2. The van der Waals surface area contributed by atoms with Gasteiger partial charge < -0.3 is 10.6 Å². The molecule has 0 bridgehead atoms. The van der Waals surface area contributed by atoms with Gasteiger partial charge in [-0.05, 0) is 36.8 Å². The quantitative estimate of drug-likeness (QED) is 0.532. The highest BCUT2D eigenvalue weighted by Crippen LogP contribution is 2.34. The fourth-order valence-electron chi connectivity index (χ4n) is 2.79. The Morgan fingerprint density at radius 3 is 2.41 bits per heavy atom. The fourth-order valence-corrected chi connectivity index (χ4v) is 3.29. The molecule has 0 radical (unpaired) electrons. The topological polar surface area (TPSA) is 87.2 Å². The Balaban J connectivity index is 1.85. The van der Waals surface area contributed by atoms with Gasteiger partial charge in [-0.15, -0.1) is 0 Å². The van der Waals surface area contributed by atoms with Crippen LogP contribution in [0, 0.1) is 6.92 Å². The molecule has 0 amide bonds. The van der Waals surface area contributed by atoms with Crippen molar-refractivity contribution in [1.82, 2.24) is 9.97 Å². The summed E-state index contributed by atoms with van der Waals surface area (Å²) in [5.41, 5.74) is 1.65. The smallest absolute Gasteiger partial charge is 0.365 e. The first-order chi connectivity index (χ1) is 14.9. The number of alkyl halides is 3. The van der Waals surface area contributed by atoms with E-state index < -0.39 is 21.8 Å². The van der Waals surface area contributed by atoms with Gasteiger partial charge in [0.2, 0.25) is 16.0 Å². The number of hydrogen-bond acceptors (Lipinski definition) is 6.